The molecule has 0 unspecified atom stereocenters. The Balaban J connectivity index is 2.33. The van der Waals surface area contributed by atoms with E-state index in [-0.39, 0.29) is 10.9 Å². The molecule has 5 nitrogen and oxygen atoms in total. The number of benzene rings is 1. The minimum atomic E-state index is -4.73. The maximum atomic E-state index is 12.7. The molecule has 1 aromatic rings. The van der Waals surface area contributed by atoms with Gasteiger partial charge in [0.15, 0.2) is 0 Å². The quantitative estimate of drug-likeness (QED) is 0.742. The van der Waals surface area contributed by atoms with Crippen molar-refractivity contribution in [3.05, 3.63) is 24.3 Å². The van der Waals surface area contributed by atoms with Crippen molar-refractivity contribution in [2.45, 2.75) is 48.3 Å². The zero-order valence-electron chi connectivity index (χ0n) is 12.8. The van der Waals surface area contributed by atoms with Gasteiger partial charge in [0.1, 0.15) is 0 Å². The molecule has 130 valence electrons. The summed E-state index contributed by atoms with van der Waals surface area (Å²) in [7, 11) is -8.51. The highest BCUT2D eigenvalue weighted by molar-refractivity contribution is 7.91. The molecule has 0 aromatic heterocycles. The fraction of sp³-hybridized carbons (Fsp3) is 0.571. The molecule has 0 N–H and O–H groups in total. The Kier molecular flexibility index (Phi) is 5.12. The van der Waals surface area contributed by atoms with Gasteiger partial charge in [-0.1, -0.05) is 0 Å². The van der Waals surface area contributed by atoms with E-state index in [1.54, 1.807) is 13.8 Å². The monoisotopic (exact) mass is 367 g/mol. The van der Waals surface area contributed by atoms with Gasteiger partial charge in [-0.2, -0.15) is 13.1 Å². The molecular weight excluding hydrogens is 348 g/mol. The Morgan fingerprint density at radius 2 is 1.52 bits per heavy atom. The number of halogens is 2. The minimum absolute atomic E-state index is 0.0972. The molecule has 9 heteroatoms. The van der Waals surface area contributed by atoms with Gasteiger partial charge in [-0.3, -0.25) is 0 Å². The fourth-order valence-electron chi connectivity index (χ4n) is 2.18. The molecule has 0 amide bonds. The number of sulfone groups is 1. The van der Waals surface area contributed by atoms with Crippen LogP contribution in [0.1, 0.15) is 26.7 Å². The zero-order chi connectivity index (χ0) is 17.4. The second-order valence-electron chi connectivity index (χ2n) is 5.89. The van der Waals surface area contributed by atoms with Gasteiger partial charge in [0.2, 0.25) is 19.9 Å². The van der Waals surface area contributed by atoms with E-state index in [0.717, 1.165) is 37.1 Å². The van der Waals surface area contributed by atoms with Crippen molar-refractivity contribution < 1.29 is 25.6 Å². The van der Waals surface area contributed by atoms with E-state index in [1.807, 2.05) is 0 Å². The fourth-order valence-corrected chi connectivity index (χ4v) is 4.62. The first-order chi connectivity index (χ1) is 10.6. The third-order valence-corrected chi connectivity index (χ3v) is 7.16. The van der Waals surface area contributed by atoms with Crippen molar-refractivity contribution in [3.63, 3.8) is 0 Å². The average molecular weight is 367 g/mol. The van der Waals surface area contributed by atoms with Crippen LogP contribution < -0.4 is 0 Å². The summed E-state index contributed by atoms with van der Waals surface area (Å²) in [5.41, 5.74) is 0. The van der Waals surface area contributed by atoms with Crippen LogP contribution in [0.3, 0.4) is 0 Å². The number of hydrogen-bond donors (Lipinski definition) is 0. The molecule has 0 radical (unpaired) electrons. The third kappa shape index (κ3) is 3.89. The number of nitrogens with zero attached hydrogens (tertiary/aromatic N) is 1. The summed E-state index contributed by atoms with van der Waals surface area (Å²) in [6.07, 6.45) is 1.98. The number of sulfonamides is 1. The van der Waals surface area contributed by atoms with Crippen LogP contribution in [0, 0.1) is 5.92 Å². The third-order valence-electron chi connectivity index (χ3n) is 3.70. The van der Waals surface area contributed by atoms with Crippen molar-refractivity contribution in [1.82, 2.24) is 4.31 Å². The normalized spacial score (nSPS) is 16.5. The van der Waals surface area contributed by atoms with Gasteiger partial charge in [0, 0.05) is 12.6 Å². The first-order valence-corrected chi connectivity index (χ1v) is 10.2. The zero-order valence-corrected chi connectivity index (χ0v) is 14.4. The van der Waals surface area contributed by atoms with E-state index in [4.69, 9.17) is 0 Å². The molecule has 2 rings (SSSR count). The molecule has 1 fully saturated rings. The lowest BCUT2D eigenvalue weighted by Crippen LogP contribution is -2.38. The highest BCUT2D eigenvalue weighted by Crippen LogP contribution is 2.32. The summed E-state index contributed by atoms with van der Waals surface area (Å²) >= 11 is 0. The maximum absolute atomic E-state index is 12.7. The molecule has 0 spiro atoms. The summed E-state index contributed by atoms with van der Waals surface area (Å²) < 4.78 is 74.4. The van der Waals surface area contributed by atoms with Gasteiger partial charge in [0.05, 0.1) is 9.79 Å². The van der Waals surface area contributed by atoms with Gasteiger partial charge in [-0.15, -0.1) is 0 Å². The predicted molar refractivity (Wildman–Crippen MR) is 81.4 cm³/mol. The highest BCUT2D eigenvalue weighted by atomic mass is 32.2. The van der Waals surface area contributed by atoms with E-state index < -0.39 is 30.5 Å². The lowest BCUT2D eigenvalue weighted by molar-refractivity contribution is 0.234. The standard InChI is InChI=1S/C14H19F2NO4S2/c1-10(2)17(9-11-3-4-11)23(20,21)13-7-5-12(6-8-13)22(18,19)14(15)16/h5-8,10-11,14H,3-4,9H2,1-2H3. The largest absolute Gasteiger partial charge is 0.341 e. The van der Waals surface area contributed by atoms with Crippen molar-refractivity contribution in [1.29, 1.82) is 0 Å². The molecule has 1 aliphatic carbocycles. The van der Waals surface area contributed by atoms with Crippen LogP contribution in [0.4, 0.5) is 8.78 Å². The molecule has 1 aliphatic rings. The van der Waals surface area contributed by atoms with Crippen molar-refractivity contribution in [2.24, 2.45) is 5.92 Å². The molecule has 0 heterocycles. The van der Waals surface area contributed by atoms with Crippen LogP contribution in [0.15, 0.2) is 34.1 Å². The minimum Gasteiger partial charge on any atom is -0.218 e. The molecule has 1 aromatic carbocycles. The van der Waals surface area contributed by atoms with Gasteiger partial charge >= 0.3 is 5.76 Å². The topological polar surface area (TPSA) is 71.5 Å². The summed E-state index contributed by atoms with van der Waals surface area (Å²) in [5.74, 6) is -3.18. The summed E-state index contributed by atoms with van der Waals surface area (Å²) in [5, 5.41) is 0. The van der Waals surface area contributed by atoms with Crippen LogP contribution >= 0.6 is 0 Å². The van der Waals surface area contributed by atoms with Crippen LogP contribution in [0.2, 0.25) is 0 Å². The summed E-state index contributed by atoms with van der Waals surface area (Å²) in [4.78, 5) is -0.690. The predicted octanol–water partition coefficient (Wildman–Crippen LogP) is 2.49. The molecule has 0 aliphatic heterocycles. The molecule has 0 saturated heterocycles. The van der Waals surface area contributed by atoms with E-state index in [9.17, 15) is 25.6 Å². The van der Waals surface area contributed by atoms with Gasteiger partial charge in [-0.25, -0.2) is 16.8 Å². The Bertz CT molecular complexity index is 754. The first-order valence-electron chi connectivity index (χ1n) is 7.20. The van der Waals surface area contributed by atoms with Gasteiger partial charge < -0.3 is 0 Å². The van der Waals surface area contributed by atoms with Crippen molar-refractivity contribution >= 4 is 19.9 Å². The Morgan fingerprint density at radius 3 is 1.91 bits per heavy atom. The smallest absolute Gasteiger partial charge is 0.218 e. The summed E-state index contributed by atoms with van der Waals surface area (Å²) in [6.45, 7) is 3.93. The average Bonchev–Trinajstić information content (AvgIpc) is 3.28. The lowest BCUT2D eigenvalue weighted by Gasteiger charge is -2.26. The summed E-state index contributed by atoms with van der Waals surface area (Å²) in [6, 6.07) is 3.69. The maximum Gasteiger partial charge on any atom is 0.341 e. The number of alkyl halides is 2. The van der Waals surface area contributed by atoms with Crippen LogP contribution in [0.5, 0.6) is 0 Å². The highest BCUT2D eigenvalue weighted by Gasteiger charge is 2.34. The Hall–Kier alpha value is -1.06. The van der Waals surface area contributed by atoms with E-state index in [0.29, 0.717) is 12.5 Å². The Morgan fingerprint density at radius 1 is 1.04 bits per heavy atom. The van der Waals surface area contributed by atoms with Crippen molar-refractivity contribution in [3.8, 4) is 0 Å². The number of hydrogen-bond acceptors (Lipinski definition) is 4. The Labute approximate surface area is 135 Å². The first kappa shape index (κ1) is 18.3. The van der Waals surface area contributed by atoms with E-state index >= 15 is 0 Å². The molecule has 23 heavy (non-hydrogen) atoms. The second kappa shape index (κ2) is 6.45. The van der Waals surface area contributed by atoms with Crippen LogP contribution in [-0.2, 0) is 19.9 Å². The molecule has 1 saturated carbocycles. The molecular formula is C14H19F2NO4S2. The van der Waals surface area contributed by atoms with Crippen LogP contribution in [0.25, 0.3) is 0 Å². The SMILES string of the molecule is CC(C)N(CC1CC1)S(=O)(=O)c1ccc(S(=O)(=O)C(F)F)cc1. The van der Waals surface area contributed by atoms with Gasteiger partial charge in [0.25, 0.3) is 0 Å². The number of rotatable bonds is 7. The molecule has 0 bridgehead atoms. The van der Waals surface area contributed by atoms with Gasteiger partial charge in [-0.05, 0) is 56.9 Å². The van der Waals surface area contributed by atoms with Crippen LogP contribution in [-0.4, -0.2) is 39.5 Å². The van der Waals surface area contributed by atoms with E-state index in [2.05, 4.69) is 0 Å². The second-order valence-corrected chi connectivity index (χ2v) is 9.70. The van der Waals surface area contributed by atoms with E-state index in [1.165, 1.54) is 4.31 Å². The van der Waals surface area contributed by atoms with Crippen molar-refractivity contribution in [2.75, 3.05) is 6.54 Å². The molecule has 0 atom stereocenters. The lowest BCUT2D eigenvalue weighted by atomic mass is 10.3.